The maximum atomic E-state index is 12.8. The molecule has 1 saturated heterocycles. The zero-order chi connectivity index (χ0) is 9.57. The molecule has 0 aromatic carbocycles. The first-order valence-corrected chi connectivity index (χ1v) is 10.1. The monoisotopic (exact) mass is 344 g/mol. The zero-order valence-corrected chi connectivity index (χ0v) is 11.0. The molecule has 12 heavy (non-hydrogen) atoms. The summed E-state index contributed by atoms with van der Waals surface area (Å²) in [4.78, 5) is -0.988. The second kappa shape index (κ2) is 3.36. The number of halogens is 6. The molecule has 0 radical (unpaired) electrons. The Hall–Kier alpha value is 1.11. The summed E-state index contributed by atoms with van der Waals surface area (Å²) >= 11 is 5.96. The van der Waals surface area contributed by atoms with Gasteiger partial charge in [-0.15, -0.1) is 0 Å². The average Bonchev–Trinajstić information content (AvgIpc) is 1.82. The molecule has 0 unspecified atom stereocenters. The van der Waals surface area contributed by atoms with E-state index in [2.05, 4.69) is 31.9 Å². The fourth-order valence-electron chi connectivity index (χ4n) is 1.04. The molecule has 1 aliphatic heterocycles. The van der Waals surface area contributed by atoms with Crippen molar-refractivity contribution in [3.63, 3.8) is 0 Å². The smallest absolute Gasteiger partial charge is 0.268 e. The van der Waals surface area contributed by atoms with Crippen LogP contribution in [0.3, 0.4) is 0 Å². The van der Waals surface area contributed by atoms with Crippen LogP contribution in [0.4, 0.5) is 16.4 Å². The highest BCUT2D eigenvalue weighted by Gasteiger charge is 2.69. The molecule has 0 nitrogen and oxygen atoms in total. The minimum absolute atomic E-state index is 0.494. The lowest BCUT2D eigenvalue weighted by molar-refractivity contribution is 0.525. The second-order valence-electron chi connectivity index (χ2n) is 2.85. The van der Waals surface area contributed by atoms with E-state index in [0.717, 1.165) is 0 Å². The van der Waals surface area contributed by atoms with Crippen LogP contribution in [0, 0.1) is 0 Å². The van der Waals surface area contributed by atoms with Crippen LogP contribution in [0.5, 0.6) is 0 Å². The quantitative estimate of drug-likeness (QED) is 0.273. The Kier molecular flexibility index (Phi) is 3.13. The van der Waals surface area contributed by atoms with Gasteiger partial charge in [0.1, 0.15) is 0 Å². The van der Waals surface area contributed by atoms with Gasteiger partial charge >= 0.3 is 16.5 Å². The summed E-state index contributed by atoms with van der Waals surface area (Å²) in [5, 5.41) is 0. The molecule has 1 heterocycles. The van der Waals surface area contributed by atoms with Crippen molar-refractivity contribution in [3.05, 3.63) is 0 Å². The molecule has 72 valence electrons. The number of hydrogen-bond acceptors (Lipinski definition) is 0. The third-order valence-electron chi connectivity index (χ3n) is 1.83. The molecule has 0 amide bonds. The van der Waals surface area contributed by atoms with Crippen LogP contribution in [0.1, 0.15) is 0 Å². The van der Waals surface area contributed by atoms with Crippen molar-refractivity contribution < 1.29 is 16.4 Å². The Bertz CT molecular complexity index is 168. The Labute approximate surface area is 86.5 Å². The Morgan fingerprint density at radius 2 is 1.08 bits per heavy atom. The highest BCUT2D eigenvalue weighted by atomic mass is 79.9. The molecule has 0 spiro atoms. The number of rotatable bonds is 0. The van der Waals surface area contributed by atoms with Crippen LogP contribution >= 0.6 is 31.9 Å². The number of hydrogen-bond donors (Lipinski definition) is 0. The molecule has 0 aromatic heterocycles. The van der Waals surface area contributed by atoms with Gasteiger partial charge in [0, 0.05) is 21.7 Å². The lowest BCUT2D eigenvalue weighted by Gasteiger charge is -2.32. The molecule has 8 heteroatoms. The van der Waals surface area contributed by atoms with Crippen molar-refractivity contribution in [2.24, 2.45) is 0 Å². The summed E-state index contributed by atoms with van der Waals surface area (Å²) in [5.41, 5.74) is 0. The van der Waals surface area contributed by atoms with Crippen LogP contribution in [-0.4, -0.2) is 26.2 Å². The summed E-state index contributed by atoms with van der Waals surface area (Å²) in [5.74, 6) is 0. The summed E-state index contributed by atoms with van der Waals surface area (Å²) < 4.78 is 51.2. The van der Waals surface area contributed by atoms with Crippen LogP contribution in [0.25, 0.3) is 0 Å². The van der Waals surface area contributed by atoms with Gasteiger partial charge in [-0.05, 0) is 0 Å². The Morgan fingerprint density at radius 3 is 1.33 bits per heavy atom. The lowest BCUT2D eigenvalue weighted by atomic mass is 10.4. The zero-order valence-electron chi connectivity index (χ0n) is 5.84. The maximum absolute atomic E-state index is 12.8. The van der Waals surface area contributed by atoms with E-state index in [-0.39, 0.29) is 0 Å². The van der Waals surface area contributed by atoms with Crippen molar-refractivity contribution in [2.45, 2.75) is 21.7 Å². The SMILES string of the molecule is F[Si]1(F)C[C@@H](Br)[C@@H](Br)C[Si]1(F)F. The standard InChI is InChI=1S/C4H6Br2F4Si2/c5-3-1-11(7,8)12(9,10)2-4(3)6/h3-4H,1-2H2/t3-,4+. The fraction of sp³-hybridized carbons (Fsp3) is 1.00. The van der Waals surface area contributed by atoms with E-state index in [0.29, 0.717) is 0 Å². The molecule has 0 aromatic rings. The first kappa shape index (κ1) is 11.2. The first-order valence-electron chi connectivity index (χ1n) is 3.30. The molecule has 0 bridgehead atoms. The van der Waals surface area contributed by atoms with E-state index >= 15 is 0 Å². The molecule has 0 saturated carbocycles. The minimum atomic E-state index is -5.19. The van der Waals surface area contributed by atoms with Gasteiger partial charge in [-0.25, -0.2) is 0 Å². The van der Waals surface area contributed by atoms with Gasteiger partial charge in [0.05, 0.1) is 0 Å². The van der Waals surface area contributed by atoms with E-state index in [1.807, 2.05) is 0 Å². The molecular weight excluding hydrogens is 340 g/mol. The van der Waals surface area contributed by atoms with Gasteiger partial charge < -0.3 is 0 Å². The van der Waals surface area contributed by atoms with Gasteiger partial charge in [-0.3, -0.25) is 16.4 Å². The van der Waals surface area contributed by atoms with Crippen molar-refractivity contribution in [3.8, 4) is 0 Å². The second-order valence-corrected chi connectivity index (χ2v) is 13.2. The van der Waals surface area contributed by atoms with E-state index in [9.17, 15) is 16.4 Å². The van der Waals surface area contributed by atoms with E-state index in [1.165, 1.54) is 0 Å². The average molecular weight is 346 g/mol. The summed E-state index contributed by atoms with van der Waals surface area (Å²) in [6.07, 6.45) is 0. The first-order chi connectivity index (χ1) is 5.26. The van der Waals surface area contributed by atoms with Gasteiger partial charge in [0.2, 0.25) is 0 Å². The highest BCUT2D eigenvalue weighted by molar-refractivity contribution is 9.12. The lowest BCUT2D eigenvalue weighted by Crippen LogP contribution is -2.58. The molecule has 1 aliphatic rings. The van der Waals surface area contributed by atoms with Crippen molar-refractivity contribution in [1.82, 2.24) is 0 Å². The topological polar surface area (TPSA) is 0 Å². The molecule has 1 rings (SSSR count). The largest absolute Gasteiger partial charge is 0.478 e. The van der Waals surface area contributed by atoms with Crippen LogP contribution in [0.15, 0.2) is 0 Å². The van der Waals surface area contributed by atoms with Crippen molar-refractivity contribution in [2.75, 3.05) is 0 Å². The van der Waals surface area contributed by atoms with Crippen molar-refractivity contribution in [1.29, 1.82) is 0 Å². The highest BCUT2D eigenvalue weighted by Crippen LogP contribution is 2.44. The van der Waals surface area contributed by atoms with E-state index in [1.54, 1.807) is 0 Å². The molecule has 0 aliphatic carbocycles. The van der Waals surface area contributed by atoms with E-state index in [4.69, 9.17) is 0 Å². The van der Waals surface area contributed by atoms with E-state index < -0.39 is 38.3 Å². The van der Waals surface area contributed by atoms with Crippen LogP contribution in [-0.2, 0) is 0 Å². The summed E-state index contributed by atoms with van der Waals surface area (Å²) in [7, 11) is -10.4. The summed E-state index contributed by atoms with van der Waals surface area (Å²) in [6.45, 7) is 0. The van der Waals surface area contributed by atoms with Crippen LogP contribution in [0.2, 0.25) is 12.1 Å². The predicted octanol–water partition coefficient (Wildman–Crippen LogP) is 3.37. The fourth-order valence-corrected chi connectivity index (χ4v) is 11.6. The van der Waals surface area contributed by atoms with Crippen molar-refractivity contribution >= 4 is 48.4 Å². The van der Waals surface area contributed by atoms with Crippen LogP contribution < -0.4 is 0 Å². The molecule has 0 N–H and O–H groups in total. The summed E-state index contributed by atoms with van der Waals surface area (Å²) in [6, 6.07) is -1.25. The third kappa shape index (κ3) is 1.96. The van der Waals surface area contributed by atoms with Gasteiger partial charge in [0.15, 0.2) is 0 Å². The molecule has 2 atom stereocenters. The Morgan fingerprint density at radius 1 is 0.833 bits per heavy atom. The maximum Gasteiger partial charge on any atom is 0.478 e. The van der Waals surface area contributed by atoms with Gasteiger partial charge in [-0.2, -0.15) is 0 Å². The molecular formula is C4H6Br2F4Si2. The third-order valence-corrected chi connectivity index (χ3v) is 13.1. The number of alkyl halides is 2. The molecule has 1 fully saturated rings. The predicted molar refractivity (Wildman–Crippen MR) is 51.0 cm³/mol. The van der Waals surface area contributed by atoms with Gasteiger partial charge in [-0.1, -0.05) is 31.9 Å². The van der Waals surface area contributed by atoms with Gasteiger partial charge in [0.25, 0.3) is 0 Å². The normalized spacial score (nSPS) is 39.5. The minimum Gasteiger partial charge on any atom is -0.268 e. The Balaban J connectivity index is 2.80.